The Bertz CT molecular complexity index is 1190. The first-order valence-corrected chi connectivity index (χ1v) is 12.9. The van der Waals surface area contributed by atoms with Gasteiger partial charge in [-0.1, -0.05) is 13.8 Å². The summed E-state index contributed by atoms with van der Waals surface area (Å²) in [5.41, 5.74) is 1.17. The van der Waals surface area contributed by atoms with E-state index in [-0.39, 0.29) is 17.5 Å². The molecule has 0 aromatic carbocycles. The highest BCUT2D eigenvalue weighted by Crippen LogP contribution is 2.46. The van der Waals surface area contributed by atoms with E-state index in [0.717, 1.165) is 42.5 Å². The number of rotatable bonds is 8. The molecule has 1 saturated carbocycles. The highest BCUT2D eigenvalue weighted by Gasteiger charge is 2.49. The van der Waals surface area contributed by atoms with Gasteiger partial charge in [-0.15, -0.1) is 11.3 Å². The molecule has 2 fully saturated rings. The maximum Gasteiger partial charge on any atom is 0.272 e. The van der Waals surface area contributed by atoms with E-state index in [0.29, 0.717) is 42.3 Å². The predicted octanol–water partition coefficient (Wildman–Crippen LogP) is 3.44. The van der Waals surface area contributed by atoms with Gasteiger partial charge in [0.05, 0.1) is 11.8 Å². The summed E-state index contributed by atoms with van der Waals surface area (Å²) in [7, 11) is 0. The minimum Gasteiger partial charge on any atom is -0.367 e. The number of thiazole rings is 1. The molecule has 2 amide bonds. The molecule has 9 nitrogen and oxygen atoms in total. The Hall–Kier alpha value is -3.01. The Balaban J connectivity index is 1.40. The minimum atomic E-state index is -0.0786. The van der Waals surface area contributed by atoms with Gasteiger partial charge < -0.3 is 15.5 Å². The highest BCUT2D eigenvalue weighted by atomic mass is 32.1. The average molecular weight is 482 g/mol. The van der Waals surface area contributed by atoms with Gasteiger partial charge in [-0.3, -0.25) is 9.59 Å². The fraction of sp³-hybridized carbons (Fsp3) is 0.542. The Labute approximate surface area is 203 Å². The second kappa shape index (κ2) is 8.98. The highest BCUT2D eigenvalue weighted by molar-refractivity contribution is 7.16. The first-order chi connectivity index (χ1) is 16.4. The number of aromatic nitrogens is 4. The number of anilines is 1. The summed E-state index contributed by atoms with van der Waals surface area (Å²) in [5.74, 6) is 1.90. The normalized spacial score (nSPS) is 18.8. The molecule has 180 valence electrons. The lowest BCUT2D eigenvalue weighted by Crippen LogP contribution is -2.46. The number of fused-ring (bicyclic) bond motifs is 1. The number of carbonyl (C=O) groups is 2. The average Bonchev–Trinajstić information content (AvgIpc) is 3.27. The maximum absolute atomic E-state index is 13.5. The molecular weight excluding hydrogens is 450 g/mol. The first kappa shape index (κ1) is 22.8. The number of hydrogen-bond acceptors (Lipinski definition) is 7. The summed E-state index contributed by atoms with van der Waals surface area (Å²) in [4.78, 5) is 36.8. The number of piperidine rings is 1. The van der Waals surface area contributed by atoms with Crippen LogP contribution in [-0.2, 0) is 4.79 Å². The summed E-state index contributed by atoms with van der Waals surface area (Å²) in [5, 5.41) is 12.8. The number of carbonyl (C=O) groups excluding carboxylic acids is 2. The molecule has 2 aliphatic rings. The van der Waals surface area contributed by atoms with Crippen LogP contribution in [0.15, 0.2) is 23.8 Å². The lowest BCUT2D eigenvalue weighted by atomic mass is 9.87. The topological polar surface area (TPSA) is 105 Å². The third-order valence-corrected chi connectivity index (χ3v) is 8.28. The van der Waals surface area contributed by atoms with Crippen LogP contribution in [0.5, 0.6) is 0 Å². The van der Waals surface area contributed by atoms with Gasteiger partial charge in [0.15, 0.2) is 5.82 Å². The fourth-order valence-electron chi connectivity index (χ4n) is 4.75. The van der Waals surface area contributed by atoms with Crippen LogP contribution in [0.25, 0.3) is 16.2 Å². The lowest BCUT2D eigenvalue weighted by Gasteiger charge is -2.36. The molecule has 3 aromatic heterocycles. The second-order valence-electron chi connectivity index (χ2n) is 9.83. The van der Waals surface area contributed by atoms with E-state index in [9.17, 15) is 9.59 Å². The van der Waals surface area contributed by atoms with Crippen molar-refractivity contribution in [3.05, 3.63) is 29.5 Å². The summed E-state index contributed by atoms with van der Waals surface area (Å²) in [6, 6.07) is 1.96. The van der Waals surface area contributed by atoms with Crippen molar-refractivity contribution in [2.24, 2.45) is 11.8 Å². The lowest BCUT2D eigenvalue weighted by molar-refractivity contribution is -0.110. The van der Waals surface area contributed by atoms with E-state index < -0.39 is 0 Å². The van der Waals surface area contributed by atoms with Crippen molar-refractivity contribution >= 4 is 34.3 Å². The van der Waals surface area contributed by atoms with Crippen LogP contribution >= 0.6 is 11.3 Å². The van der Waals surface area contributed by atoms with Gasteiger partial charge in [-0.25, -0.2) is 14.5 Å². The Morgan fingerprint density at radius 2 is 2.00 bits per heavy atom. The van der Waals surface area contributed by atoms with E-state index in [1.165, 1.54) is 0 Å². The zero-order chi connectivity index (χ0) is 23.9. The monoisotopic (exact) mass is 481 g/mol. The molecule has 1 aliphatic carbocycles. The Kier molecular flexibility index (Phi) is 6.01. The molecule has 4 heterocycles. The van der Waals surface area contributed by atoms with Gasteiger partial charge >= 0.3 is 0 Å². The van der Waals surface area contributed by atoms with Crippen molar-refractivity contribution in [2.75, 3.05) is 18.4 Å². The molecule has 0 radical (unpaired) electrons. The molecule has 3 aromatic rings. The summed E-state index contributed by atoms with van der Waals surface area (Å²) in [6.07, 6.45) is 8.32. The van der Waals surface area contributed by atoms with Crippen LogP contribution < -0.4 is 10.6 Å². The van der Waals surface area contributed by atoms with Gasteiger partial charge in [0, 0.05) is 42.3 Å². The van der Waals surface area contributed by atoms with Crippen molar-refractivity contribution in [3.63, 3.8) is 0 Å². The van der Waals surface area contributed by atoms with Crippen molar-refractivity contribution in [1.29, 1.82) is 0 Å². The quantitative estimate of drug-likeness (QED) is 0.478. The van der Waals surface area contributed by atoms with E-state index in [4.69, 9.17) is 9.97 Å². The van der Waals surface area contributed by atoms with Gasteiger partial charge in [-0.2, -0.15) is 5.10 Å². The molecular formula is C24H31N7O2S. The third kappa shape index (κ3) is 4.26. The van der Waals surface area contributed by atoms with Crippen LogP contribution in [-0.4, -0.2) is 61.5 Å². The molecule has 1 atom stereocenters. The number of likely N-dealkylation sites (tertiary alicyclic amines) is 1. The Morgan fingerprint density at radius 1 is 1.24 bits per heavy atom. The summed E-state index contributed by atoms with van der Waals surface area (Å²) < 4.78 is 1.80. The van der Waals surface area contributed by atoms with Gasteiger partial charge in [-0.05, 0) is 44.4 Å². The molecule has 10 heteroatoms. The van der Waals surface area contributed by atoms with Crippen LogP contribution in [0.4, 0.5) is 5.82 Å². The smallest absolute Gasteiger partial charge is 0.272 e. The van der Waals surface area contributed by atoms with E-state index in [1.807, 2.05) is 16.5 Å². The van der Waals surface area contributed by atoms with Crippen LogP contribution in [0, 0.1) is 11.8 Å². The van der Waals surface area contributed by atoms with Crippen molar-refractivity contribution < 1.29 is 9.59 Å². The van der Waals surface area contributed by atoms with Crippen molar-refractivity contribution in [2.45, 2.75) is 58.0 Å². The zero-order valence-corrected chi connectivity index (χ0v) is 20.6. The summed E-state index contributed by atoms with van der Waals surface area (Å²) in [6.45, 7) is 7.74. The molecule has 5 rings (SSSR count). The zero-order valence-electron chi connectivity index (χ0n) is 19.8. The molecule has 2 N–H and O–H groups in total. The molecule has 0 bridgehead atoms. The maximum atomic E-state index is 13.5. The van der Waals surface area contributed by atoms with Crippen LogP contribution in [0.3, 0.4) is 0 Å². The molecule has 34 heavy (non-hydrogen) atoms. The largest absolute Gasteiger partial charge is 0.367 e. The SMILES string of the molecule is CC(C)[C@H](C)Nc1cc(C(=O)N2CCC(C3(NC=O)CC3)CC2)nc(-c2cnn3ccsc23)n1. The van der Waals surface area contributed by atoms with Gasteiger partial charge in [0.1, 0.15) is 16.3 Å². The number of hydrogen-bond donors (Lipinski definition) is 2. The molecule has 1 saturated heterocycles. The molecule has 1 aliphatic heterocycles. The van der Waals surface area contributed by atoms with Crippen molar-refractivity contribution in [3.8, 4) is 11.4 Å². The van der Waals surface area contributed by atoms with Crippen LogP contribution in [0.2, 0.25) is 0 Å². The molecule has 0 spiro atoms. The predicted molar refractivity (Wildman–Crippen MR) is 132 cm³/mol. The second-order valence-corrected chi connectivity index (χ2v) is 10.7. The molecule has 0 unspecified atom stereocenters. The standard InChI is InChI=1S/C24H31N7O2S/c1-15(2)16(3)27-20-12-19(28-21(29-20)18-13-26-31-10-11-34-23(18)31)22(33)30-8-4-17(5-9-30)24(6-7-24)25-14-32/h10-17H,4-9H2,1-3H3,(H,25,32)(H,27,28,29)/t16-/m0/s1. The number of nitrogens with one attached hydrogen (secondary N) is 2. The van der Waals surface area contributed by atoms with Gasteiger partial charge in [0.25, 0.3) is 5.91 Å². The fourth-order valence-corrected chi connectivity index (χ4v) is 5.54. The van der Waals surface area contributed by atoms with E-state index in [1.54, 1.807) is 28.1 Å². The van der Waals surface area contributed by atoms with E-state index >= 15 is 0 Å². The van der Waals surface area contributed by atoms with Crippen LogP contribution in [0.1, 0.15) is 56.9 Å². The third-order valence-electron chi connectivity index (χ3n) is 7.39. The van der Waals surface area contributed by atoms with E-state index in [2.05, 4.69) is 36.5 Å². The van der Waals surface area contributed by atoms with Crippen molar-refractivity contribution in [1.82, 2.24) is 29.8 Å². The van der Waals surface area contributed by atoms with Gasteiger partial charge in [0.2, 0.25) is 6.41 Å². The number of amides is 2. The minimum absolute atomic E-state index is 0.0441. The number of nitrogens with zero attached hydrogens (tertiary/aromatic N) is 5. The first-order valence-electron chi connectivity index (χ1n) is 12.0. The Morgan fingerprint density at radius 3 is 2.68 bits per heavy atom. The summed E-state index contributed by atoms with van der Waals surface area (Å²) >= 11 is 1.57.